The fourth-order valence-electron chi connectivity index (χ4n) is 2.84. The monoisotopic (exact) mass is 280 g/mol. The van der Waals surface area contributed by atoms with Gasteiger partial charge in [-0.1, -0.05) is 43.7 Å². The Morgan fingerprint density at radius 1 is 1.32 bits per heavy atom. The molecule has 104 valence electrons. The second kappa shape index (κ2) is 6.95. The highest BCUT2D eigenvalue weighted by molar-refractivity contribution is 6.31. The molecule has 2 rings (SSSR count). The molecule has 19 heavy (non-hydrogen) atoms. The fourth-order valence-corrected chi connectivity index (χ4v) is 3.02. The van der Waals surface area contributed by atoms with E-state index in [1.54, 1.807) is 25.3 Å². The Bertz CT molecular complexity index is 436. The average molecular weight is 281 g/mol. The smallest absolute Gasteiger partial charge is 0.166 e. The van der Waals surface area contributed by atoms with Gasteiger partial charge in [-0.25, -0.2) is 0 Å². The normalized spacial score (nSPS) is 16.3. The van der Waals surface area contributed by atoms with Crippen molar-refractivity contribution >= 4 is 17.4 Å². The molecule has 0 amide bonds. The van der Waals surface area contributed by atoms with Crippen molar-refractivity contribution in [1.82, 2.24) is 0 Å². The highest BCUT2D eigenvalue weighted by Crippen LogP contribution is 2.29. The summed E-state index contributed by atoms with van der Waals surface area (Å²) in [7, 11) is 1.58. The molecular formula is C16H21ClO2. The number of carbonyl (C=O) groups is 1. The second-order valence-electron chi connectivity index (χ2n) is 5.31. The predicted octanol–water partition coefficient (Wildman–Crippen LogP) is 4.89. The molecule has 0 aromatic heterocycles. The molecule has 0 aliphatic heterocycles. The van der Waals surface area contributed by atoms with Crippen LogP contribution in [0.2, 0.25) is 5.02 Å². The molecule has 3 heteroatoms. The van der Waals surface area contributed by atoms with E-state index in [2.05, 4.69) is 0 Å². The zero-order chi connectivity index (χ0) is 13.7. The number of ketones is 1. The zero-order valence-electron chi connectivity index (χ0n) is 11.5. The van der Waals surface area contributed by atoms with E-state index in [1.165, 1.54) is 32.1 Å². The van der Waals surface area contributed by atoms with Crippen LogP contribution in [0.25, 0.3) is 0 Å². The molecule has 1 aromatic rings. The van der Waals surface area contributed by atoms with Gasteiger partial charge >= 0.3 is 0 Å². The number of hydrogen-bond acceptors (Lipinski definition) is 2. The third-order valence-electron chi connectivity index (χ3n) is 3.97. The van der Waals surface area contributed by atoms with Gasteiger partial charge in [-0.05, 0) is 30.5 Å². The first-order valence-electron chi connectivity index (χ1n) is 7.07. The molecule has 0 bridgehead atoms. The minimum Gasteiger partial charge on any atom is -0.496 e. The van der Waals surface area contributed by atoms with Crippen molar-refractivity contribution in [2.24, 2.45) is 5.92 Å². The number of benzene rings is 1. The minimum absolute atomic E-state index is 0.143. The van der Waals surface area contributed by atoms with Gasteiger partial charge in [-0.2, -0.15) is 0 Å². The van der Waals surface area contributed by atoms with Gasteiger partial charge in [0.2, 0.25) is 0 Å². The van der Waals surface area contributed by atoms with Crippen LogP contribution >= 0.6 is 11.6 Å². The van der Waals surface area contributed by atoms with Crippen molar-refractivity contribution in [3.63, 3.8) is 0 Å². The zero-order valence-corrected chi connectivity index (χ0v) is 12.2. The molecule has 0 saturated heterocycles. The number of carbonyl (C=O) groups excluding carboxylic acids is 1. The van der Waals surface area contributed by atoms with Crippen molar-refractivity contribution in [2.45, 2.75) is 44.9 Å². The molecule has 0 N–H and O–H groups in total. The Labute approximate surface area is 120 Å². The number of ether oxygens (including phenoxy) is 1. The second-order valence-corrected chi connectivity index (χ2v) is 5.75. The third kappa shape index (κ3) is 3.97. The summed E-state index contributed by atoms with van der Waals surface area (Å²) in [5.41, 5.74) is 0.616. The summed E-state index contributed by atoms with van der Waals surface area (Å²) in [6, 6.07) is 5.22. The van der Waals surface area contributed by atoms with Crippen LogP contribution < -0.4 is 4.74 Å². The van der Waals surface area contributed by atoms with Crippen LogP contribution in [0.5, 0.6) is 5.75 Å². The summed E-state index contributed by atoms with van der Waals surface area (Å²) in [6.45, 7) is 0. The lowest BCUT2D eigenvalue weighted by molar-refractivity contribution is 0.0967. The van der Waals surface area contributed by atoms with Crippen molar-refractivity contribution in [2.75, 3.05) is 7.11 Å². The summed E-state index contributed by atoms with van der Waals surface area (Å²) in [5.74, 6) is 1.49. The van der Waals surface area contributed by atoms with E-state index in [9.17, 15) is 4.79 Å². The summed E-state index contributed by atoms with van der Waals surface area (Å²) in [5, 5.41) is 0.585. The van der Waals surface area contributed by atoms with Gasteiger partial charge in [-0.15, -0.1) is 0 Å². The van der Waals surface area contributed by atoms with Gasteiger partial charge in [0.05, 0.1) is 12.7 Å². The van der Waals surface area contributed by atoms with E-state index in [1.807, 2.05) is 0 Å². The molecule has 2 nitrogen and oxygen atoms in total. The Kier molecular flexibility index (Phi) is 5.26. The van der Waals surface area contributed by atoms with Crippen LogP contribution in [-0.2, 0) is 0 Å². The Morgan fingerprint density at radius 3 is 2.74 bits per heavy atom. The lowest BCUT2D eigenvalue weighted by Gasteiger charge is -2.21. The van der Waals surface area contributed by atoms with Gasteiger partial charge in [0.25, 0.3) is 0 Å². The molecule has 1 fully saturated rings. The SMILES string of the molecule is COc1ccc(Cl)cc1C(=O)CCC1CCCCC1. The minimum atomic E-state index is 0.143. The maximum atomic E-state index is 12.3. The van der Waals surface area contributed by atoms with E-state index < -0.39 is 0 Å². The quantitative estimate of drug-likeness (QED) is 0.718. The van der Waals surface area contributed by atoms with E-state index in [4.69, 9.17) is 16.3 Å². The summed E-state index contributed by atoms with van der Waals surface area (Å²) in [4.78, 5) is 12.3. The van der Waals surface area contributed by atoms with Gasteiger partial charge in [-0.3, -0.25) is 4.79 Å². The molecule has 1 aliphatic carbocycles. The molecule has 1 aliphatic rings. The first-order valence-corrected chi connectivity index (χ1v) is 7.45. The first-order chi connectivity index (χ1) is 9.20. The molecule has 1 saturated carbocycles. The number of Topliss-reactive ketones (excluding diaryl/α,β-unsaturated/α-hetero) is 1. The maximum Gasteiger partial charge on any atom is 0.166 e. The number of methoxy groups -OCH3 is 1. The van der Waals surface area contributed by atoms with Crippen LogP contribution in [0, 0.1) is 5.92 Å². The number of halogens is 1. The molecule has 0 atom stereocenters. The largest absolute Gasteiger partial charge is 0.496 e. The average Bonchev–Trinajstić information content (AvgIpc) is 2.46. The highest BCUT2D eigenvalue weighted by Gasteiger charge is 2.17. The van der Waals surface area contributed by atoms with E-state index >= 15 is 0 Å². The third-order valence-corrected chi connectivity index (χ3v) is 4.20. The molecule has 0 heterocycles. The van der Waals surface area contributed by atoms with Gasteiger partial charge in [0.15, 0.2) is 5.78 Å². The number of hydrogen-bond donors (Lipinski definition) is 0. The van der Waals surface area contributed by atoms with Gasteiger partial charge < -0.3 is 4.74 Å². The molecule has 0 unspecified atom stereocenters. The van der Waals surface area contributed by atoms with E-state index in [-0.39, 0.29) is 5.78 Å². The van der Waals surface area contributed by atoms with Gasteiger partial charge in [0.1, 0.15) is 5.75 Å². The molecule has 1 aromatic carbocycles. The standard InChI is InChI=1S/C16H21ClO2/c1-19-16-10-8-13(17)11-14(16)15(18)9-7-12-5-3-2-4-6-12/h8,10-12H,2-7,9H2,1H3. The Morgan fingerprint density at radius 2 is 2.05 bits per heavy atom. The Balaban J connectivity index is 1.97. The van der Waals surface area contributed by atoms with E-state index in [0.29, 0.717) is 22.8 Å². The molecular weight excluding hydrogens is 260 g/mol. The van der Waals surface area contributed by atoms with Crippen LogP contribution in [0.4, 0.5) is 0 Å². The van der Waals surface area contributed by atoms with Crippen molar-refractivity contribution in [1.29, 1.82) is 0 Å². The van der Waals surface area contributed by atoms with Gasteiger partial charge in [0, 0.05) is 11.4 Å². The van der Waals surface area contributed by atoms with Crippen LogP contribution in [0.3, 0.4) is 0 Å². The van der Waals surface area contributed by atoms with Crippen molar-refractivity contribution in [3.8, 4) is 5.75 Å². The maximum absolute atomic E-state index is 12.3. The van der Waals surface area contributed by atoms with Crippen LogP contribution in [0.15, 0.2) is 18.2 Å². The molecule has 0 radical (unpaired) electrons. The summed E-state index contributed by atoms with van der Waals surface area (Å²) in [6.07, 6.45) is 8.14. The highest BCUT2D eigenvalue weighted by atomic mass is 35.5. The topological polar surface area (TPSA) is 26.3 Å². The van der Waals surface area contributed by atoms with E-state index in [0.717, 1.165) is 12.3 Å². The van der Waals surface area contributed by atoms with Crippen LogP contribution in [0.1, 0.15) is 55.3 Å². The molecule has 0 spiro atoms. The van der Waals surface area contributed by atoms with Crippen molar-refractivity contribution < 1.29 is 9.53 Å². The lowest BCUT2D eigenvalue weighted by Crippen LogP contribution is -2.09. The van der Waals surface area contributed by atoms with Crippen molar-refractivity contribution in [3.05, 3.63) is 28.8 Å². The lowest BCUT2D eigenvalue weighted by atomic mass is 9.85. The summed E-state index contributed by atoms with van der Waals surface area (Å²) < 4.78 is 5.23. The number of rotatable bonds is 5. The van der Waals surface area contributed by atoms with Crippen LogP contribution in [-0.4, -0.2) is 12.9 Å². The summed E-state index contributed by atoms with van der Waals surface area (Å²) >= 11 is 5.96. The fraction of sp³-hybridized carbons (Fsp3) is 0.562. The predicted molar refractivity (Wildman–Crippen MR) is 78.1 cm³/mol. The Hall–Kier alpha value is -1.02. The first kappa shape index (κ1) is 14.4.